The van der Waals surface area contributed by atoms with Gasteiger partial charge in [-0.05, 0) is 19.8 Å². The average Bonchev–Trinajstić information content (AvgIpc) is 2.53. The second-order valence-electron chi connectivity index (χ2n) is 3.58. The minimum absolute atomic E-state index is 0.890. The summed E-state index contributed by atoms with van der Waals surface area (Å²) in [6.45, 7) is 4.05. The highest BCUT2D eigenvalue weighted by Gasteiger charge is 2.06. The number of aliphatic imine (C=N–C) groups is 1. The highest BCUT2D eigenvalue weighted by atomic mass is 32.2. The summed E-state index contributed by atoms with van der Waals surface area (Å²) in [5, 5.41) is 4.40. The third-order valence-electron chi connectivity index (χ3n) is 2.40. The number of nitrogens with zero attached hydrogens (tertiary/aromatic N) is 2. The van der Waals surface area contributed by atoms with Crippen molar-refractivity contribution in [2.75, 3.05) is 13.1 Å². The number of nitrogens with one attached hydrogen (secondary N) is 2. The molecule has 1 aromatic heterocycles. The van der Waals surface area contributed by atoms with Crippen molar-refractivity contribution in [1.29, 1.82) is 0 Å². The molecule has 0 atom stereocenters. The Labute approximate surface area is 94.0 Å². The van der Waals surface area contributed by atoms with Crippen molar-refractivity contribution in [3.8, 4) is 0 Å². The summed E-state index contributed by atoms with van der Waals surface area (Å²) >= 11 is 1.74. The van der Waals surface area contributed by atoms with Gasteiger partial charge in [-0.15, -0.1) is 0 Å². The summed E-state index contributed by atoms with van der Waals surface area (Å²) < 4.78 is 0. The Kier molecular flexibility index (Phi) is 3.66. The van der Waals surface area contributed by atoms with Gasteiger partial charge in [-0.3, -0.25) is 4.99 Å². The second kappa shape index (κ2) is 5.21. The van der Waals surface area contributed by atoms with Gasteiger partial charge >= 0.3 is 0 Å². The monoisotopic (exact) mass is 224 g/mol. The molecule has 15 heavy (non-hydrogen) atoms. The van der Waals surface area contributed by atoms with Crippen LogP contribution in [0.5, 0.6) is 0 Å². The SMILES string of the molecule is Cc1[nH]cnc1CSC1=NCCCCN1. The van der Waals surface area contributed by atoms with Crippen LogP contribution < -0.4 is 5.32 Å². The Balaban J connectivity index is 1.87. The highest BCUT2D eigenvalue weighted by molar-refractivity contribution is 8.13. The minimum Gasteiger partial charge on any atom is -0.365 e. The smallest absolute Gasteiger partial charge is 0.156 e. The van der Waals surface area contributed by atoms with Crippen LogP contribution in [0.15, 0.2) is 11.3 Å². The number of imidazole rings is 1. The summed E-state index contributed by atoms with van der Waals surface area (Å²) in [5.41, 5.74) is 2.27. The van der Waals surface area contributed by atoms with Crippen molar-refractivity contribution >= 4 is 16.9 Å². The summed E-state index contributed by atoms with van der Waals surface area (Å²) in [6, 6.07) is 0. The predicted octanol–water partition coefficient (Wildman–Crippen LogP) is 1.69. The van der Waals surface area contributed by atoms with Gasteiger partial charge in [0, 0.05) is 24.5 Å². The number of aryl methyl sites for hydroxylation is 1. The van der Waals surface area contributed by atoms with E-state index in [0.29, 0.717) is 0 Å². The standard InChI is InChI=1S/C10H16N4S/c1-8-9(14-7-13-8)6-15-10-11-4-2-3-5-12-10/h7H,2-6H2,1H3,(H,11,12)(H,13,14). The molecule has 82 valence electrons. The first-order valence-corrected chi connectivity index (χ1v) is 6.25. The molecule has 1 aromatic rings. The maximum absolute atomic E-state index is 4.48. The molecule has 0 saturated carbocycles. The summed E-state index contributed by atoms with van der Waals surface area (Å²) in [5.74, 6) is 0.890. The van der Waals surface area contributed by atoms with Gasteiger partial charge in [0.05, 0.1) is 12.0 Å². The third kappa shape index (κ3) is 2.99. The van der Waals surface area contributed by atoms with Crippen LogP contribution in [0.25, 0.3) is 0 Å². The number of rotatable bonds is 2. The Morgan fingerprint density at radius 1 is 1.47 bits per heavy atom. The van der Waals surface area contributed by atoms with E-state index in [0.717, 1.165) is 35.4 Å². The molecule has 0 aromatic carbocycles. The Bertz CT molecular complexity index is 345. The number of H-pyrrole nitrogens is 1. The number of thioether (sulfide) groups is 1. The van der Waals surface area contributed by atoms with Crippen LogP contribution >= 0.6 is 11.8 Å². The van der Waals surface area contributed by atoms with Crippen molar-refractivity contribution in [2.45, 2.75) is 25.5 Å². The van der Waals surface area contributed by atoms with Crippen LogP contribution in [-0.4, -0.2) is 28.2 Å². The van der Waals surface area contributed by atoms with E-state index < -0.39 is 0 Å². The summed E-state index contributed by atoms with van der Waals surface area (Å²) in [6.07, 6.45) is 4.15. The molecular formula is C10H16N4S. The average molecular weight is 224 g/mol. The molecule has 0 aliphatic carbocycles. The first-order chi connectivity index (χ1) is 7.36. The zero-order valence-corrected chi connectivity index (χ0v) is 9.73. The fourth-order valence-electron chi connectivity index (χ4n) is 1.43. The van der Waals surface area contributed by atoms with E-state index in [-0.39, 0.29) is 0 Å². The first-order valence-electron chi connectivity index (χ1n) is 5.26. The molecule has 0 radical (unpaired) electrons. The lowest BCUT2D eigenvalue weighted by atomic mass is 10.3. The zero-order chi connectivity index (χ0) is 10.5. The normalized spacial score (nSPS) is 16.7. The third-order valence-corrected chi connectivity index (χ3v) is 3.36. The van der Waals surface area contributed by atoms with E-state index in [9.17, 15) is 0 Å². The molecule has 0 spiro atoms. The Morgan fingerprint density at radius 3 is 3.20 bits per heavy atom. The van der Waals surface area contributed by atoms with Gasteiger partial charge in [0.2, 0.25) is 0 Å². The number of amidine groups is 1. The highest BCUT2D eigenvalue weighted by Crippen LogP contribution is 2.14. The molecule has 5 heteroatoms. The fourth-order valence-corrected chi connectivity index (χ4v) is 2.39. The van der Waals surface area contributed by atoms with Crippen LogP contribution in [0.3, 0.4) is 0 Å². The van der Waals surface area contributed by atoms with Crippen LogP contribution in [0.4, 0.5) is 0 Å². The molecule has 2 rings (SSSR count). The molecule has 2 heterocycles. The minimum atomic E-state index is 0.890. The van der Waals surface area contributed by atoms with Gasteiger partial charge in [-0.1, -0.05) is 11.8 Å². The number of hydrogen-bond acceptors (Lipinski definition) is 4. The van der Waals surface area contributed by atoms with E-state index in [4.69, 9.17) is 0 Å². The molecule has 0 saturated heterocycles. The number of aromatic amines is 1. The Hall–Kier alpha value is -0.970. The molecule has 4 nitrogen and oxygen atoms in total. The van der Waals surface area contributed by atoms with Gasteiger partial charge in [-0.25, -0.2) is 4.98 Å². The Morgan fingerprint density at radius 2 is 2.40 bits per heavy atom. The van der Waals surface area contributed by atoms with Crippen LogP contribution in [0.1, 0.15) is 24.2 Å². The van der Waals surface area contributed by atoms with Crippen molar-refractivity contribution in [1.82, 2.24) is 15.3 Å². The number of hydrogen-bond donors (Lipinski definition) is 2. The second-order valence-corrected chi connectivity index (χ2v) is 4.55. The topological polar surface area (TPSA) is 53.1 Å². The molecule has 1 aliphatic rings. The lowest BCUT2D eigenvalue weighted by Gasteiger charge is -2.05. The van der Waals surface area contributed by atoms with Gasteiger partial charge in [0.15, 0.2) is 5.17 Å². The lowest BCUT2D eigenvalue weighted by molar-refractivity contribution is 0.750. The van der Waals surface area contributed by atoms with Crippen molar-refractivity contribution < 1.29 is 0 Å². The summed E-state index contributed by atoms with van der Waals surface area (Å²) in [7, 11) is 0. The number of aromatic nitrogens is 2. The van der Waals surface area contributed by atoms with E-state index in [2.05, 4.69) is 20.3 Å². The van der Waals surface area contributed by atoms with Crippen molar-refractivity contribution in [3.63, 3.8) is 0 Å². The van der Waals surface area contributed by atoms with Gasteiger partial charge < -0.3 is 10.3 Å². The van der Waals surface area contributed by atoms with E-state index >= 15 is 0 Å². The maximum Gasteiger partial charge on any atom is 0.156 e. The largest absolute Gasteiger partial charge is 0.365 e. The lowest BCUT2D eigenvalue weighted by Crippen LogP contribution is -2.20. The van der Waals surface area contributed by atoms with E-state index in [1.807, 2.05) is 6.92 Å². The summed E-state index contributed by atoms with van der Waals surface area (Å²) in [4.78, 5) is 11.8. The van der Waals surface area contributed by atoms with Crippen molar-refractivity contribution in [2.24, 2.45) is 4.99 Å². The molecule has 0 fully saturated rings. The van der Waals surface area contributed by atoms with Gasteiger partial charge in [0.25, 0.3) is 0 Å². The molecular weight excluding hydrogens is 208 g/mol. The molecule has 0 unspecified atom stereocenters. The maximum atomic E-state index is 4.48. The fraction of sp³-hybridized carbons (Fsp3) is 0.600. The van der Waals surface area contributed by atoms with Crippen LogP contribution in [-0.2, 0) is 5.75 Å². The first kappa shape index (κ1) is 10.5. The van der Waals surface area contributed by atoms with E-state index in [1.165, 1.54) is 12.8 Å². The molecule has 1 aliphatic heterocycles. The predicted molar refractivity (Wildman–Crippen MR) is 64.2 cm³/mol. The van der Waals surface area contributed by atoms with Crippen LogP contribution in [0.2, 0.25) is 0 Å². The van der Waals surface area contributed by atoms with Crippen molar-refractivity contribution in [3.05, 3.63) is 17.7 Å². The van der Waals surface area contributed by atoms with Crippen LogP contribution in [0, 0.1) is 6.92 Å². The quantitative estimate of drug-likeness (QED) is 0.804. The zero-order valence-electron chi connectivity index (χ0n) is 8.92. The van der Waals surface area contributed by atoms with Gasteiger partial charge in [-0.2, -0.15) is 0 Å². The molecule has 0 bridgehead atoms. The van der Waals surface area contributed by atoms with E-state index in [1.54, 1.807) is 18.1 Å². The molecule has 2 N–H and O–H groups in total. The van der Waals surface area contributed by atoms with Gasteiger partial charge in [0.1, 0.15) is 0 Å². The molecule has 0 amide bonds.